The molecule has 12 heterocycles. The zero-order chi connectivity index (χ0) is 44.2. The van der Waals surface area contributed by atoms with Crippen LogP contribution in [-0.4, -0.2) is 91.2 Å². The Hall–Kier alpha value is -0.600. The molecule has 3 spiro atoms. The van der Waals surface area contributed by atoms with Crippen molar-refractivity contribution in [2.75, 3.05) is 13.2 Å². The summed E-state index contributed by atoms with van der Waals surface area (Å²) < 4.78 is 61.7. The van der Waals surface area contributed by atoms with Crippen LogP contribution >= 0.6 is 0 Å². The third-order valence-corrected chi connectivity index (χ3v) is 19.8. The van der Waals surface area contributed by atoms with Gasteiger partial charge in [0.15, 0.2) is 54.5 Å². The molecule has 12 aliphatic heterocycles. The van der Waals surface area contributed by atoms with Crippen LogP contribution in [-0.2, 0) is 72.0 Å². The van der Waals surface area contributed by atoms with E-state index in [1.165, 1.54) is 0 Å². The molecule has 15 heteroatoms. The Morgan fingerprint density at radius 3 is 1.23 bits per heavy atom. The van der Waals surface area contributed by atoms with Crippen molar-refractivity contribution in [1.82, 2.24) is 0 Å². The van der Waals surface area contributed by atoms with E-state index in [4.69, 9.17) is 72.0 Å². The molecule has 6 bridgehead atoms. The third-order valence-electron chi connectivity index (χ3n) is 19.8. The third kappa shape index (κ3) is 6.52. The highest BCUT2D eigenvalue weighted by Gasteiger charge is 2.73. The Bertz CT molecular complexity index is 1760. The highest BCUT2D eigenvalue weighted by atomic mass is 17.3. The Morgan fingerprint density at radius 2 is 0.812 bits per heavy atom. The van der Waals surface area contributed by atoms with E-state index in [1.807, 2.05) is 20.8 Å². The molecule has 15 nitrogen and oxygen atoms in total. The van der Waals surface area contributed by atoms with Gasteiger partial charge in [0.25, 0.3) is 0 Å². The lowest BCUT2D eigenvalue weighted by atomic mass is 9.58. The van der Waals surface area contributed by atoms with Crippen LogP contribution < -0.4 is 0 Å². The monoisotopic (exact) mass is 905 g/mol. The van der Waals surface area contributed by atoms with E-state index in [-0.39, 0.29) is 59.9 Å². The molecule has 3 saturated carbocycles. The fraction of sp³-hybridized carbons (Fsp3) is 1.00. The maximum atomic E-state index is 7.17. The minimum Gasteiger partial charge on any atom is -0.352 e. The van der Waals surface area contributed by atoms with E-state index >= 15 is 0 Å². The van der Waals surface area contributed by atoms with Gasteiger partial charge in [-0.1, -0.05) is 41.5 Å². The molecule has 0 aromatic carbocycles. The summed E-state index contributed by atoms with van der Waals surface area (Å²) in [4.78, 5) is 37.6. The first-order chi connectivity index (χ1) is 30.6. The van der Waals surface area contributed by atoms with E-state index in [2.05, 4.69) is 41.5 Å². The van der Waals surface area contributed by atoms with Gasteiger partial charge in [-0.05, 0) is 120 Å². The van der Waals surface area contributed by atoms with Crippen molar-refractivity contribution < 1.29 is 72.0 Å². The summed E-state index contributed by atoms with van der Waals surface area (Å²) in [6, 6.07) is 0. The summed E-state index contributed by atoms with van der Waals surface area (Å²) in [7, 11) is 0. The Kier molecular flexibility index (Phi) is 10.9. The molecule has 0 aromatic heterocycles. The predicted molar refractivity (Wildman–Crippen MR) is 222 cm³/mol. The van der Waals surface area contributed by atoms with Crippen LogP contribution in [0.2, 0.25) is 0 Å². The highest BCUT2D eigenvalue weighted by molar-refractivity contribution is 5.12. The van der Waals surface area contributed by atoms with Gasteiger partial charge < -0.3 is 42.6 Å². The van der Waals surface area contributed by atoms with Crippen molar-refractivity contribution >= 4 is 0 Å². The molecular weight excluding hydrogens is 829 g/mol. The summed E-state index contributed by atoms with van der Waals surface area (Å²) in [5, 5.41) is 0. The van der Waals surface area contributed by atoms with Gasteiger partial charge in [0.2, 0.25) is 17.4 Å². The van der Waals surface area contributed by atoms with E-state index in [0.717, 1.165) is 77.0 Å². The van der Waals surface area contributed by atoms with E-state index in [0.29, 0.717) is 30.8 Å². The van der Waals surface area contributed by atoms with Crippen molar-refractivity contribution in [3.63, 3.8) is 0 Å². The molecule has 3 aliphatic carbocycles. The number of hydrogen-bond acceptors (Lipinski definition) is 15. The Balaban J connectivity index is 0.793. The maximum absolute atomic E-state index is 7.17. The zero-order valence-electron chi connectivity index (χ0n) is 39.7. The average Bonchev–Trinajstić information content (AvgIpc) is 3.75. The fourth-order valence-corrected chi connectivity index (χ4v) is 16.1. The molecule has 15 fully saturated rings. The first-order valence-electron chi connectivity index (χ1n) is 25.6. The summed E-state index contributed by atoms with van der Waals surface area (Å²) in [5.41, 5.74) is -2.01. The highest BCUT2D eigenvalue weighted by Crippen LogP contribution is 2.64. The summed E-state index contributed by atoms with van der Waals surface area (Å²) >= 11 is 0. The molecule has 15 aliphatic rings. The lowest BCUT2D eigenvalue weighted by Gasteiger charge is -2.60. The van der Waals surface area contributed by atoms with Crippen LogP contribution in [0.3, 0.4) is 0 Å². The fourth-order valence-electron chi connectivity index (χ4n) is 16.1. The van der Waals surface area contributed by atoms with Crippen LogP contribution in [0.25, 0.3) is 0 Å². The second-order valence-electron chi connectivity index (χ2n) is 23.6. The van der Waals surface area contributed by atoms with Crippen LogP contribution in [0.4, 0.5) is 0 Å². The lowest BCUT2D eigenvalue weighted by Crippen LogP contribution is -2.71. The Labute approximate surface area is 379 Å². The quantitative estimate of drug-likeness (QED) is 0.205. The van der Waals surface area contributed by atoms with Crippen LogP contribution in [0, 0.1) is 71.0 Å². The first kappa shape index (κ1) is 44.6. The maximum Gasteiger partial charge on any atom is 0.201 e. The summed E-state index contributed by atoms with van der Waals surface area (Å²) in [6.07, 6.45) is 8.22. The molecule has 0 amide bonds. The van der Waals surface area contributed by atoms with Crippen LogP contribution in [0.1, 0.15) is 146 Å². The number of rotatable bonds is 9. The number of ether oxygens (including phenoxy) is 9. The minimum atomic E-state index is -0.882. The minimum absolute atomic E-state index is 0.00560. The van der Waals surface area contributed by atoms with Gasteiger partial charge in [-0.25, -0.2) is 29.3 Å². The van der Waals surface area contributed by atoms with Gasteiger partial charge in [0.05, 0.1) is 19.3 Å². The molecule has 0 radical (unpaired) electrons. The van der Waals surface area contributed by atoms with Gasteiger partial charge in [-0.2, -0.15) is 0 Å². The molecular formula is C49H76O15. The average molecular weight is 905 g/mol. The largest absolute Gasteiger partial charge is 0.352 e. The van der Waals surface area contributed by atoms with Gasteiger partial charge in [0, 0.05) is 54.8 Å². The molecule has 64 heavy (non-hydrogen) atoms. The number of hydrogen-bond donors (Lipinski definition) is 0. The normalized spacial score (nSPS) is 59.8. The van der Waals surface area contributed by atoms with Crippen LogP contribution in [0.15, 0.2) is 0 Å². The standard InChI is InChI=1S/C49H76O15/c1-25-10-13-35-28(4)38(53-41-47(35)32(25)16-20-44(7,56-41)59-62-47)50-23-19-31(52-40-30(6)37-15-12-27(3)34-18-22-46(9)58-43(55-40)49(34,37)64-61-46)24-51-39-29(5)36-14-11-26(2)33-17-21-45(8)57-42(54-39)48(33,36)63-60-45/h25-43H,10-24H2,1-9H3/t25-,26-,27-,28-,29-,30-,31+,32+,33+,34+,35+,36+,37+,38+,39+,40+,41-,42-,43-,44-,45-,46-,47-,48-,49-/m1/s1. The van der Waals surface area contributed by atoms with Crippen molar-refractivity contribution in [2.24, 2.45) is 71.0 Å². The molecule has 0 N–H and O–H groups in total. The van der Waals surface area contributed by atoms with Gasteiger partial charge in [-0.15, -0.1) is 0 Å². The van der Waals surface area contributed by atoms with Crippen molar-refractivity contribution in [2.45, 2.75) is 224 Å². The smallest absolute Gasteiger partial charge is 0.201 e. The SMILES string of the molecule is C[C@H]1[C@@H](OCC[C@@H](CO[C@H]2O[C@@H]3O[C@@]4(C)CC[C@H]5[C@H](C)CC[C@@H]([C@H]2C)[C@@]35OO4)O[C@H]2O[C@@H]3O[C@@]4(C)CC[C@H]5[C@H](C)CC[C@@H]([C@H]2C)[C@@]35OO4)O[C@@H]2O[C@@]3(C)CC[C@H]4[C@H](C)CC[C@@H]1[C@@]24OO3. The first-order valence-corrected chi connectivity index (χ1v) is 25.6. The molecule has 362 valence electrons. The summed E-state index contributed by atoms with van der Waals surface area (Å²) in [5.74, 6) is 0.129. The second-order valence-corrected chi connectivity index (χ2v) is 23.6. The molecule has 0 unspecified atom stereocenters. The van der Waals surface area contributed by atoms with E-state index in [9.17, 15) is 0 Å². The molecule has 12 saturated heterocycles. The topological polar surface area (TPSA) is 138 Å². The van der Waals surface area contributed by atoms with E-state index in [1.54, 1.807) is 0 Å². The molecule has 15 rings (SSSR count). The molecule has 25 atom stereocenters. The van der Waals surface area contributed by atoms with Crippen molar-refractivity contribution in [1.29, 1.82) is 0 Å². The van der Waals surface area contributed by atoms with E-state index < -0.39 is 78.0 Å². The molecule has 0 aromatic rings. The van der Waals surface area contributed by atoms with Gasteiger partial charge >= 0.3 is 0 Å². The van der Waals surface area contributed by atoms with Crippen LogP contribution in [0.5, 0.6) is 0 Å². The van der Waals surface area contributed by atoms with Gasteiger partial charge in [-0.3, -0.25) is 0 Å². The summed E-state index contributed by atoms with van der Waals surface area (Å²) in [6.45, 7) is 20.2. The van der Waals surface area contributed by atoms with Crippen molar-refractivity contribution in [3.05, 3.63) is 0 Å². The zero-order valence-corrected chi connectivity index (χ0v) is 39.7. The Morgan fingerprint density at radius 1 is 0.438 bits per heavy atom. The second kappa shape index (κ2) is 15.7. The number of fused-ring (bicyclic) bond motifs is 6. The van der Waals surface area contributed by atoms with Crippen molar-refractivity contribution in [3.8, 4) is 0 Å². The predicted octanol–water partition coefficient (Wildman–Crippen LogP) is 8.42. The van der Waals surface area contributed by atoms with Gasteiger partial charge in [0.1, 0.15) is 0 Å². The lowest BCUT2D eigenvalue weighted by molar-refractivity contribution is -0.579.